The van der Waals surface area contributed by atoms with Crippen LogP contribution in [-0.4, -0.2) is 61.4 Å². The van der Waals surface area contributed by atoms with Gasteiger partial charge in [-0.25, -0.2) is 4.39 Å². The lowest BCUT2D eigenvalue weighted by Gasteiger charge is -2.32. The first-order valence-electron chi connectivity index (χ1n) is 14.0. The van der Waals surface area contributed by atoms with Crippen LogP contribution in [0.25, 0.3) is 0 Å². The molecule has 10 heteroatoms. The number of nitrogens with one attached hydrogen (secondary N) is 2. The van der Waals surface area contributed by atoms with Crippen molar-refractivity contribution in [3.8, 4) is 0 Å². The monoisotopic (exact) mass is 574 g/mol. The first-order chi connectivity index (χ1) is 18.2. The van der Waals surface area contributed by atoms with Crippen molar-refractivity contribution in [2.24, 2.45) is 0 Å². The SMILES string of the molecule is CCCCCCOC[C@@H](OCCCCCC)[C@H]1O[C@@H]2OC(C)(C)O[C@@H]2[C@H]1NC(=S)Nc1ccc(F)cc1Cl. The number of halogens is 2. The topological polar surface area (TPSA) is 70.2 Å². The zero-order chi connectivity index (χ0) is 27.5. The van der Waals surface area contributed by atoms with E-state index in [0.717, 1.165) is 25.7 Å². The van der Waals surface area contributed by atoms with Crippen molar-refractivity contribution in [1.82, 2.24) is 5.32 Å². The molecule has 2 fully saturated rings. The largest absolute Gasteiger partial charge is 0.379 e. The van der Waals surface area contributed by atoms with Crippen LogP contribution in [0.15, 0.2) is 18.2 Å². The van der Waals surface area contributed by atoms with Gasteiger partial charge in [0.25, 0.3) is 0 Å². The zero-order valence-corrected chi connectivity index (χ0v) is 24.7. The molecule has 2 aliphatic heterocycles. The summed E-state index contributed by atoms with van der Waals surface area (Å²) in [5.74, 6) is -1.21. The van der Waals surface area contributed by atoms with Gasteiger partial charge in [-0.05, 0) is 57.1 Å². The average molecular weight is 575 g/mol. The summed E-state index contributed by atoms with van der Waals surface area (Å²) in [4.78, 5) is 0. The summed E-state index contributed by atoms with van der Waals surface area (Å²) >= 11 is 11.8. The lowest BCUT2D eigenvalue weighted by atomic mass is 10.0. The summed E-state index contributed by atoms with van der Waals surface area (Å²) < 4.78 is 44.5. The molecule has 7 nitrogen and oxygen atoms in total. The van der Waals surface area contributed by atoms with Gasteiger partial charge in [-0.1, -0.05) is 64.0 Å². The van der Waals surface area contributed by atoms with Gasteiger partial charge in [0.05, 0.1) is 23.4 Å². The Kier molecular flexibility index (Phi) is 13.0. The summed E-state index contributed by atoms with van der Waals surface area (Å²) in [5.41, 5.74) is 0.501. The Balaban J connectivity index is 1.69. The van der Waals surface area contributed by atoms with Gasteiger partial charge in [0.1, 0.15) is 24.1 Å². The Hall–Kier alpha value is -1.07. The van der Waals surface area contributed by atoms with Crippen LogP contribution in [0.5, 0.6) is 0 Å². The second-order valence-electron chi connectivity index (χ2n) is 10.4. The number of anilines is 1. The third-order valence-corrected chi connectivity index (χ3v) is 7.22. The molecule has 5 atom stereocenters. The first-order valence-corrected chi connectivity index (χ1v) is 14.8. The van der Waals surface area contributed by atoms with Gasteiger partial charge in [0.2, 0.25) is 0 Å². The van der Waals surface area contributed by atoms with Crippen molar-refractivity contribution in [2.75, 3.05) is 25.1 Å². The molecule has 0 aliphatic carbocycles. The molecule has 0 bridgehead atoms. The molecule has 216 valence electrons. The summed E-state index contributed by atoms with van der Waals surface area (Å²) in [6.07, 6.45) is 7.25. The quantitative estimate of drug-likeness (QED) is 0.170. The van der Waals surface area contributed by atoms with E-state index in [1.54, 1.807) is 6.07 Å². The number of unbranched alkanes of at least 4 members (excludes halogenated alkanes) is 6. The van der Waals surface area contributed by atoms with Crippen LogP contribution < -0.4 is 10.6 Å². The highest BCUT2D eigenvalue weighted by Crippen LogP contribution is 2.39. The molecule has 0 spiro atoms. The maximum atomic E-state index is 13.5. The Morgan fingerprint density at radius 3 is 2.47 bits per heavy atom. The van der Waals surface area contributed by atoms with Gasteiger partial charge in [0.15, 0.2) is 17.2 Å². The Labute approximate surface area is 237 Å². The van der Waals surface area contributed by atoms with Gasteiger partial charge < -0.3 is 34.3 Å². The van der Waals surface area contributed by atoms with E-state index >= 15 is 0 Å². The number of hydrogen-bond acceptors (Lipinski definition) is 6. The van der Waals surface area contributed by atoms with Crippen LogP contribution >= 0.6 is 23.8 Å². The van der Waals surface area contributed by atoms with Crippen LogP contribution in [0.2, 0.25) is 5.02 Å². The average Bonchev–Trinajstić information content (AvgIpc) is 3.33. The molecule has 1 aromatic rings. The highest BCUT2D eigenvalue weighted by atomic mass is 35.5. The molecule has 0 unspecified atom stereocenters. The first kappa shape index (κ1) is 31.5. The summed E-state index contributed by atoms with van der Waals surface area (Å²) in [7, 11) is 0. The molecular weight excluding hydrogens is 531 g/mol. The molecule has 2 aliphatic rings. The second-order valence-corrected chi connectivity index (χ2v) is 11.2. The van der Waals surface area contributed by atoms with Gasteiger partial charge in [0, 0.05) is 13.2 Å². The molecule has 2 heterocycles. The number of thiocarbonyl (C=S) groups is 1. The Bertz CT molecular complexity index is 880. The number of hydrogen-bond donors (Lipinski definition) is 2. The molecule has 2 N–H and O–H groups in total. The fourth-order valence-corrected chi connectivity index (χ4v) is 5.21. The van der Waals surface area contributed by atoms with E-state index in [1.807, 2.05) is 13.8 Å². The van der Waals surface area contributed by atoms with Crippen molar-refractivity contribution < 1.29 is 28.1 Å². The normalized spacial score (nSPS) is 24.8. The smallest absolute Gasteiger partial charge is 0.189 e. The van der Waals surface area contributed by atoms with Crippen molar-refractivity contribution >= 4 is 34.6 Å². The number of fused-ring (bicyclic) bond motifs is 1. The molecule has 1 aromatic carbocycles. The highest BCUT2D eigenvalue weighted by Gasteiger charge is 2.57. The number of ether oxygens (including phenoxy) is 5. The van der Waals surface area contributed by atoms with Gasteiger partial charge in [-0.3, -0.25) is 0 Å². The fourth-order valence-electron chi connectivity index (χ4n) is 4.75. The van der Waals surface area contributed by atoms with Crippen LogP contribution in [0.4, 0.5) is 10.1 Å². The van der Waals surface area contributed by atoms with Gasteiger partial charge in [-0.2, -0.15) is 0 Å². The van der Waals surface area contributed by atoms with Crippen molar-refractivity contribution in [2.45, 2.75) is 115 Å². The van der Waals surface area contributed by atoms with Crippen LogP contribution in [-0.2, 0) is 23.7 Å². The van der Waals surface area contributed by atoms with Crippen molar-refractivity contribution in [3.05, 3.63) is 29.0 Å². The van der Waals surface area contributed by atoms with Crippen LogP contribution in [0.3, 0.4) is 0 Å². The summed E-state index contributed by atoms with van der Waals surface area (Å²) in [5, 5.41) is 6.95. The molecule has 2 saturated heterocycles. The van der Waals surface area contributed by atoms with E-state index in [2.05, 4.69) is 24.5 Å². The zero-order valence-electron chi connectivity index (χ0n) is 23.1. The molecule has 0 amide bonds. The van der Waals surface area contributed by atoms with E-state index in [9.17, 15) is 4.39 Å². The Morgan fingerprint density at radius 1 is 1.08 bits per heavy atom. The van der Waals surface area contributed by atoms with Crippen LogP contribution in [0, 0.1) is 5.82 Å². The Morgan fingerprint density at radius 2 is 1.79 bits per heavy atom. The minimum atomic E-state index is -0.790. The molecule has 0 radical (unpaired) electrons. The van der Waals surface area contributed by atoms with Crippen molar-refractivity contribution in [3.63, 3.8) is 0 Å². The van der Waals surface area contributed by atoms with Crippen molar-refractivity contribution in [1.29, 1.82) is 0 Å². The van der Waals surface area contributed by atoms with E-state index in [4.69, 9.17) is 47.5 Å². The molecule has 0 saturated carbocycles. The van der Waals surface area contributed by atoms with E-state index < -0.39 is 30.1 Å². The molecular formula is C28H44ClFN2O5S. The van der Waals surface area contributed by atoms with E-state index in [-0.39, 0.29) is 17.2 Å². The number of benzene rings is 1. The third kappa shape index (κ3) is 9.54. The molecule has 38 heavy (non-hydrogen) atoms. The highest BCUT2D eigenvalue weighted by molar-refractivity contribution is 7.80. The predicted octanol–water partition coefficient (Wildman–Crippen LogP) is 6.57. The molecule has 0 aromatic heterocycles. The summed E-state index contributed by atoms with van der Waals surface area (Å²) in [6, 6.07) is 3.74. The standard InChI is InChI=1S/C28H44ClFN2O5S/c1-5-7-9-11-15-33-18-22(34-16-12-10-8-6-2)24-23(25-26(35-24)37-28(3,4)36-25)32-27(38)31-21-14-13-19(30)17-20(21)29/h13-14,17,22-26H,5-12,15-16,18H2,1-4H3,(H2,31,32,38)/t22-,23+,24-,25-,26-/m1/s1. The molecule has 3 rings (SSSR count). The minimum absolute atomic E-state index is 0.234. The maximum absolute atomic E-state index is 13.5. The van der Waals surface area contributed by atoms with E-state index in [1.165, 1.54) is 37.8 Å². The second kappa shape index (κ2) is 15.6. The number of rotatable bonds is 16. The van der Waals surface area contributed by atoms with E-state index in [0.29, 0.717) is 30.6 Å². The van der Waals surface area contributed by atoms with Gasteiger partial charge >= 0.3 is 0 Å². The lowest BCUT2D eigenvalue weighted by Crippen LogP contribution is -2.54. The fraction of sp³-hybridized carbons (Fsp3) is 0.750. The predicted molar refractivity (Wildman–Crippen MR) is 152 cm³/mol. The van der Waals surface area contributed by atoms with Crippen LogP contribution in [0.1, 0.15) is 79.1 Å². The van der Waals surface area contributed by atoms with Gasteiger partial charge in [-0.15, -0.1) is 0 Å². The minimum Gasteiger partial charge on any atom is -0.379 e. The lowest BCUT2D eigenvalue weighted by molar-refractivity contribution is -0.222. The maximum Gasteiger partial charge on any atom is 0.189 e. The third-order valence-electron chi connectivity index (χ3n) is 6.68. The summed E-state index contributed by atoms with van der Waals surface area (Å²) in [6.45, 7) is 9.79.